The molecule has 0 saturated heterocycles. The molecule has 0 aromatic carbocycles. The van der Waals surface area contributed by atoms with Crippen LogP contribution in [0.2, 0.25) is 0 Å². The largest absolute Gasteiger partial charge is 0.460 e. The van der Waals surface area contributed by atoms with Crippen LogP contribution in [0.15, 0.2) is 12.7 Å². The molecule has 3 fully saturated rings. The first-order valence-corrected chi connectivity index (χ1v) is 12.0. The van der Waals surface area contributed by atoms with Crippen molar-refractivity contribution in [3.05, 3.63) is 12.7 Å². The lowest BCUT2D eigenvalue weighted by molar-refractivity contribution is -0.160. The van der Waals surface area contributed by atoms with E-state index >= 15 is 0 Å². The number of rotatable bonds is 3. The average Bonchev–Trinajstić information content (AvgIpc) is 2.96. The molecule has 3 aliphatic carbocycles. The van der Waals surface area contributed by atoms with Gasteiger partial charge in [0, 0.05) is 27.6 Å². The van der Waals surface area contributed by atoms with Crippen LogP contribution < -0.4 is 0 Å². The molecule has 0 spiro atoms. The van der Waals surface area contributed by atoms with Gasteiger partial charge in [0.05, 0.1) is 0 Å². The van der Waals surface area contributed by atoms with Crippen molar-refractivity contribution < 1.29 is 19.4 Å². The van der Waals surface area contributed by atoms with E-state index in [2.05, 4.69) is 56.9 Å². The Balaban J connectivity index is 2.18. The number of ether oxygens (including phenoxy) is 1. The lowest BCUT2D eigenvalue weighted by Gasteiger charge is -2.47. The van der Waals surface area contributed by atoms with E-state index in [9.17, 15) is 14.7 Å². The van der Waals surface area contributed by atoms with Crippen molar-refractivity contribution in [2.45, 2.75) is 69.8 Å². The zero-order chi connectivity index (χ0) is 20.9. The Morgan fingerprint density at radius 1 is 1.36 bits per heavy atom. The van der Waals surface area contributed by atoms with Crippen LogP contribution in [0, 0.1) is 40.4 Å². The van der Waals surface area contributed by atoms with Gasteiger partial charge in [0.25, 0.3) is 0 Å². The number of ketones is 1. The maximum Gasteiger partial charge on any atom is 0.332 e. The number of aliphatic hydroxyl groups is 1. The van der Waals surface area contributed by atoms with Crippen LogP contribution in [-0.2, 0) is 14.3 Å². The molecule has 9 atom stereocenters. The Bertz CT molecular complexity index is 649. The van der Waals surface area contributed by atoms with Crippen molar-refractivity contribution >= 4 is 34.3 Å². The highest BCUT2D eigenvalue weighted by Crippen LogP contribution is 2.63. The highest BCUT2D eigenvalue weighted by Gasteiger charge is 2.61. The SMILES string of the molecule is C=C[C@@]1(C)CC(OC(=O)CO)C2C(C)CCC3(CCC(=O)C3C2C)C(C)C1I. The monoisotopic (exact) mass is 502 g/mol. The van der Waals surface area contributed by atoms with Crippen molar-refractivity contribution in [2.24, 2.45) is 40.4 Å². The van der Waals surface area contributed by atoms with Crippen molar-refractivity contribution in [1.29, 1.82) is 0 Å². The van der Waals surface area contributed by atoms with E-state index in [0.717, 1.165) is 19.3 Å². The molecule has 0 radical (unpaired) electrons. The van der Waals surface area contributed by atoms with Gasteiger partial charge >= 0.3 is 5.97 Å². The summed E-state index contributed by atoms with van der Waals surface area (Å²) in [6.07, 6.45) is 6.20. The van der Waals surface area contributed by atoms with Gasteiger partial charge in [-0.15, -0.1) is 6.58 Å². The van der Waals surface area contributed by atoms with Crippen LogP contribution in [-0.4, -0.2) is 33.5 Å². The maximum atomic E-state index is 13.1. The highest BCUT2D eigenvalue weighted by molar-refractivity contribution is 14.1. The summed E-state index contributed by atoms with van der Waals surface area (Å²) in [5.41, 5.74) is -0.172. The normalized spacial score (nSPS) is 48.8. The van der Waals surface area contributed by atoms with Gasteiger partial charge in [0.15, 0.2) is 0 Å². The zero-order valence-electron chi connectivity index (χ0n) is 17.6. The molecule has 28 heavy (non-hydrogen) atoms. The fourth-order valence-electron chi connectivity index (χ4n) is 7.02. The lowest BCUT2D eigenvalue weighted by atomic mass is 9.60. The second-order valence-corrected chi connectivity index (χ2v) is 11.3. The van der Waals surface area contributed by atoms with E-state index < -0.39 is 12.6 Å². The van der Waals surface area contributed by atoms with E-state index in [1.54, 1.807) is 0 Å². The third-order valence-corrected chi connectivity index (χ3v) is 11.1. The molecule has 2 bridgehead atoms. The molecule has 4 nitrogen and oxygen atoms in total. The lowest BCUT2D eigenvalue weighted by Crippen LogP contribution is -2.44. The number of alkyl halides is 1. The maximum absolute atomic E-state index is 13.1. The molecule has 3 saturated carbocycles. The van der Waals surface area contributed by atoms with Crippen LogP contribution >= 0.6 is 22.6 Å². The number of hydrogen-bond donors (Lipinski definition) is 1. The molecule has 8 unspecified atom stereocenters. The number of hydrogen-bond acceptors (Lipinski definition) is 4. The Morgan fingerprint density at radius 3 is 2.64 bits per heavy atom. The van der Waals surface area contributed by atoms with Crippen LogP contribution in [0.3, 0.4) is 0 Å². The first-order chi connectivity index (χ1) is 13.1. The van der Waals surface area contributed by atoms with Crippen molar-refractivity contribution in [1.82, 2.24) is 0 Å². The molecule has 158 valence electrons. The average molecular weight is 502 g/mol. The number of halogens is 1. The third kappa shape index (κ3) is 3.38. The topological polar surface area (TPSA) is 63.6 Å². The summed E-state index contributed by atoms with van der Waals surface area (Å²) in [5.74, 6) is 0.914. The summed E-state index contributed by atoms with van der Waals surface area (Å²) >= 11 is 2.56. The fourth-order valence-corrected chi connectivity index (χ4v) is 8.25. The van der Waals surface area contributed by atoms with Gasteiger partial charge in [-0.05, 0) is 48.9 Å². The van der Waals surface area contributed by atoms with E-state index in [1.807, 2.05) is 6.08 Å². The van der Waals surface area contributed by atoms with E-state index in [4.69, 9.17) is 4.74 Å². The number of carbonyl (C=O) groups excluding carboxylic acids is 2. The first kappa shape index (κ1) is 22.3. The molecule has 5 heteroatoms. The van der Waals surface area contributed by atoms with Crippen LogP contribution in [0.4, 0.5) is 0 Å². The molecule has 0 aromatic heterocycles. The first-order valence-electron chi connectivity index (χ1n) is 10.7. The Kier molecular flexibility index (Phi) is 6.37. The van der Waals surface area contributed by atoms with Gasteiger partial charge in [0.1, 0.15) is 18.5 Å². The molecular weight excluding hydrogens is 467 g/mol. The van der Waals surface area contributed by atoms with Gasteiger partial charge in [-0.2, -0.15) is 0 Å². The number of esters is 1. The number of fused-ring (bicyclic) bond motifs is 1. The smallest absolute Gasteiger partial charge is 0.332 e. The van der Waals surface area contributed by atoms with Gasteiger partial charge in [-0.3, -0.25) is 4.79 Å². The standard InChI is InChI=1S/C23H35IO4/c1-6-22(5)11-17(28-18(27)12-25)19-13(2)7-9-23(15(4)21(22)24)10-8-16(26)20(23)14(19)3/h6,13-15,17,19-21,25H,1,7-12H2,2-5H3/t13?,14?,15?,17?,19?,20?,21?,22-,23?/m0/s1. The van der Waals surface area contributed by atoms with Crippen LogP contribution in [0.5, 0.6) is 0 Å². The summed E-state index contributed by atoms with van der Waals surface area (Å²) in [7, 11) is 0. The zero-order valence-corrected chi connectivity index (χ0v) is 19.8. The molecule has 0 aliphatic heterocycles. The van der Waals surface area contributed by atoms with Gasteiger partial charge in [0.2, 0.25) is 0 Å². The summed E-state index contributed by atoms with van der Waals surface area (Å²) in [4.78, 5) is 25.2. The summed E-state index contributed by atoms with van der Waals surface area (Å²) < 4.78 is 6.16. The second kappa shape index (κ2) is 8.01. The molecule has 3 rings (SSSR count). The van der Waals surface area contributed by atoms with Crippen molar-refractivity contribution in [3.8, 4) is 0 Å². The highest BCUT2D eigenvalue weighted by atomic mass is 127. The van der Waals surface area contributed by atoms with E-state index in [0.29, 0.717) is 34.4 Å². The third-order valence-electron chi connectivity index (χ3n) is 8.58. The summed E-state index contributed by atoms with van der Waals surface area (Å²) in [6, 6.07) is 0. The van der Waals surface area contributed by atoms with Gasteiger partial charge in [-0.25, -0.2) is 4.79 Å². The minimum absolute atomic E-state index is 0.0332. The van der Waals surface area contributed by atoms with Gasteiger partial charge < -0.3 is 9.84 Å². The Labute approximate surface area is 183 Å². The van der Waals surface area contributed by atoms with Crippen molar-refractivity contribution in [2.75, 3.05) is 6.61 Å². The second-order valence-electron chi connectivity index (χ2n) is 9.92. The van der Waals surface area contributed by atoms with Crippen molar-refractivity contribution in [3.63, 3.8) is 0 Å². The number of carbonyl (C=O) groups is 2. The number of aliphatic hydroxyl groups excluding tert-OH is 1. The molecule has 1 N–H and O–H groups in total. The number of allylic oxidation sites excluding steroid dienone is 1. The molecule has 0 aromatic rings. The number of Topliss-reactive ketones (excluding diaryl/α,β-unsaturated/α-hetero) is 1. The Hall–Kier alpha value is -0.430. The molecular formula is C23H35IO4. The molecule has 0 amide bonds. The summed E-state index contributed by atoms with van der Waals surface area (Å²) in [6.45, 7) is 12.6. The predicted molar refractivity (Wildman–Crippen MR) is 118 cm³/mol. The minimum Gasteiger partial charge on any atom is -0.460 e. The molecule has 3 aliphatic rings. The van der Waals surface area contributed by atoms with Crippen LogP contribution in [0.25, 0.3) is 0 Å². The minimum atomic E-state index is -0.604. The Morgan fingerprint density at radius 2 is 2.04 bits per heavy atom. The van der Waals surface area contributed by atoms with Crippen LogP contribution in [0.1, 0.15) is 59.8 Å². The summed E-state index contributed by atoms with van der Waals surface area (Å²) in [5, 5.41) is 9.33. The van der Waals surface area contributed by atoms with E-state index in [-0.39, 0.29) is 34.7 Å². The molecule has 0 heterocycles. The predicted octanol–water partition coefficient (Wildman–Crippen LogP) is 4.57. The quantitative estimate of drug-likeness (QED) is 0.266. The fraction of sp³-hybridized carbons (Fsp3) is 0.826. The van der Waals surface area contributed by atoms with Gasteiger partial charge in [-0.1, -0.05) is 56.4 Å². The van der Waals surface area contributed by atoms with E-state index in [1.165, 1.54) is 0 Å².